The average Bonchev–Trinajstić information content (AvgIpc) is 2.32. The molecule has 0 saturated heterocycles. The van der Waals surface area contributed by atoms with Crippen molar-refractivity contribution in [3.05, 3.63) is 24.3 Å². The monoisotopic (exact) mass is 314 g/mol. The lowest BCUT2D eigenvalue weighted by Gasteiger charge is -2.26. The summed E-state index contributed by atoms with van der Waals surface area (Å²) in [5.74, 6) is 0.160. The van der Waals surface area contributed by atoms with Gasteiger partial charge >= 0.3 is 0 Å². The first kappa shape index (κ1) is 17.3. The number of anilines is 1. The second kappa shape index (κ2) is 6.34. The maximum absolute atomic E-state index is 12.0. The number of rotatable bonds is 5. The van der Waals surface area contributed by atoms with Crippen molar-refractivity contribution < 1.29 is 17.9 Å². The largest absolute Gasteiger partial charge is 0.497 e. The Morgan fingerprint density at radius 3 is 2.43 bits per heavy atom. The minimum absolute atomic E-state index is 0.275. The van der Waals surface area contributed by atoms with Crippen molar-refractivity contribution >= 4 is 21.6 Å². The summed E-state index contributed by atoms with van der Waals surface area (Å²) in [5, 5.41) is 2.74. The van der Waals surface area contributed by atoms with Crippen LogP contribution in [0.4, 0.5) is 5.69 Å². The lowest BCUT2D eigenvalue weighted by atomic mass is 10.1. The van der Waals surface area contributed by atoms with E-state index in [2.05, 4.69) is 5.32 Å². The lowest BCUT2D eigenvalue weighted by molar-refractivity contribution is -0.121. The van der Waals surface area contributed by atoms with Crippen LogP contribution in [-0.4, -0.2) is 39.8 Å². The maximum atomic E-state index is 12.0. The van der Waals surface area contributed by atoms with Crippen LogP contribution in [-0.2, 0) is 14.8 Å². The number of carbonyl (C=O) groups is 1. The number of nitrogens with zero attached hydrogens (tertiary/aromatic N) is 1. The molecule has 0 radical (unpaired) electrons. The molecule has 0 saturated carbocycles. The summed E-state index contributed by atoms with van der Waals surface area (Å²) < 4.78 is 30.0. The zero-order valence-corrected chi connectivity index (χ0v) is 13.8. The van der Waals surface area contributed by atoms with Crippen LogP contribution >= 0.6 is 0 Å². The van der Waals surface area contributed by atoms with E-state index in [1.807, 2.05) is 20.8 Å². The van der Waals surface area contributed by atoms with E-state index in [1.54, 1.807) is 24.3 Å². The zero-order valence-electron chi connectivity index (χ0n) is 13.0. The summed E-state index contributed by atoms with van der Waals surface area (Å²) >= 11 is 0. The highest BCUT2D eigenvalue weighted by atomic mass is 32.2. The molecule has 1 amide bonds. The van der Waals surface area contributed by atoms with Crippen LogP contribution in [0.25, 0.3) is 0 Å². The second-order valence-corrected chi connectivity index (χ2v) is 7.68. The number of ether oxygens (including phenoxy) is 1. The molecule has 1 rings (SSSR count). The van der Waals surface area contributed by atoms with E-state index in [9.17, 15) is 13.2 Å². The molecule has 0 atom stereocenters. The minimum atomic E-state index is -3.58. The Kier molecular flexibility index (Phi) is 5.22. The maximum Gasteiger partial charge on any atom is 0.241 e. The van der Waals surface area contributed by atoms with Gasteiger partial charge in [0.1, 0.15) is 12.3 Å². The molecule has 0 aliphatic carbocycles. The van der Waals surface area contributed by atoms with Gasteiger partial charge in [0.2, 0.25) is 15.9 Å². The number of hydrogen-bond donors (Lipinski definition) is 1. The van der Waals surface area contributed by atoms with Crippen molar-refractivity contribution in [1.82, 2.24) is 5.32 Å². The van der Waals surface area contributed by atoms with Gasteiger partial charge in [0.05, 0.1) is 19.1 Å². The summed E-state index contributed by atoms with van der Waals surface area (Å²) in [4.78, 5) is 12.0. The standard InChI is InChI=1S/C14H22N2O4S/c1-14(2,3)15-13(17)10-16(21(5,18)19)11-7-6-8-12(9-11)20-4/h6-9H,10H2,1-5H3,(H,15,17). The third-order valence-electron chi connectivity index (χ3n) is 2.54. The molecule has 0 heterocycles. The summed E-state index contributed by atoms with van der Waals surface area (Å²) in [7, 11) is -2.08. The highest BCUT2D eigenvalue weighted by Gasteiger charge is 2.23. The van der Waals surface area contributed by atoms with Crippen LogP contribution in [0.15, 0.2) is 24.3 Å². The highest BCUT2D eigenvalue weighted by molar-refractivity contribution is 7.92. The minimum Gasteiger partial charge on any atom is -0.497 e. The zero-order chi connectivity index (χ0) is 16.3. The molecule has 6 nitrogen and oxygen atoms in total. The van der Waals surface area contributed by atoms with Crippen LogP contribution in [0.2, 0.25) is 0 Å². The Morgan fingerprint density at radius 1 is 1.33 bits per heavy atom. The Balaban J connectivity index is 3.05. The Bertz CT molecular complexity index is 606. The Morgan fingerprint density at radius 2 is 1.95 bits per heavy atom. The van der Waals surface area contributed by atoms with Gasteiger partial charge in [0, 0.05) is 11.6 Å². The van der Waals surface area contributed by atoms with Crippen LogP contribution in [0.5, 0.6) is 5.75 Å². The normalized spacial score (nSPS) is 11.9. The van der Waals surface area contributed by atoms with Gasteiger partial charge in [-0.25, -0.2) is 8.42 Å². The molecule has 118 valence electrons. The molecule has 0 aliphatic heterocycles. The molecule has 1 N–H and O–H groups in total. The molecule has 0 fully saturated rings. The first-order valence-electron chi connectivity index (χ1n) is 6.46. The average molecular weight is 314 g/mol. The molecule has 21 heavy (non-hydrogen) atoms. The van der Waals surface area contributed by atoms with E-state index in [1.165, 1.54) is 7.11 Å². The topological polar surface area (TPSA) is 75.7 Å². The number of benzene rings is 1. The van der Waals surface area contributed by atoms with Crippen molar-refractivity contribution in [3.63, 3.8) is 0 Å². The van der Waals surface area contributed by atoms with Crippen molar-refractivity contribution in [2.45, 2.75) is 26.3 Å². The summed E-state index contributed by atoms with van der Waals surface area (Å²) in [6.07, 6.45) is 1.07. The van der Waals surface area contributed by atoms with E-state index in [0.717, 1.165) is 10.6 Å². The third kappa shape index (κ3) is 5.63. The summed E-state index contributed by atoms with van der Waals surface area (Å²) in [6, 6.07) is 6.58. The van der Waals surface area contributed by atoms with E-state index in [0.29, 0.717) is 11.4 Å². The smallest absolute Gasteiger partial charge is 0.241 e. The Hall–Kier alpha value is -1.76. The number of hydrogen-bond acceptors (Lipinski definition) is 4. The van der Waals surface area contributed by atoms with Crippen LogP contribution in [0, 0.1) is 0 Å². The van der Waals surface area contributed by atoms with E-state index in [4.69, 9.17) is 4.74 Å². The first-order chi connectivity index (χ1) is 9.53. The molecule has 1 aromatic carbocycles. The summed E-state index contributed by atoms with van der Waals surface area (Å²) in [5.41, 5.74) is -0.0323. The van der Waals surface area contributed by atoms with Crippen molar-refractivity contribution in [3.8, 4) is 5.75 Å². The number of amides is 1. The van der Waals surface area contributed by atoms with E-state index < -0.39 is 15.6 Å². The third-order valence-corrected chi connectivity index (χ3v) is 3.68. The molecular weight excluding hydrogens is 292 g/mol. The molecule has 0 aromatic heterocycles. The van der Waals surface area contributed by atoms with Gasteiger partial charge in [-0.05, 0) is 32.9 Å². The van der Waals surface area contributed by atoms with Gasteiger partial charge in [-0.3, -0.25) is 9.10 Å². The van der Waals surface area contributed by atoms with Crippen molar-refractivity contribution in [1.29, 1.82) is 0 Å². The number of carbonyl (C=O) groups excluding carboxylic acids is 1. The number of nitrogens with one attached hydrogen (secondary N) is 1. The fourth-order valence-electron chi connectivity index (χ4n) is 1.75. The van der Waals surface area contributed by atoms with Crippen molar-refractivity contribution in [2.24, 2.45) is 0 Å². The highest BCUT2D eigenvalue weighted by Crippen LogP contribution is 2.22. The van der Waals surface area contributed by atoms with E-state index >= 15 is 0 Å². The second-order valence-electron chi connectivity index (χ2n) is 5.77. The molecule has 7 heteroatoms. The molecule has 1 aromatic rings. The predicted octanol–water partition coefficient (Wildman–Crippen LogP) is 1.38. The van der Waals surface area contributed by atoms with Gasteiger partial charge in [-0.2, -0.15) is 0 Å². The van der Waals surface area contributed by atoms with Crippen LogP contribution in [0.3, 0.4) is 0 Å². The van der Waals surface area contributed by atoms with Gasteiger partial charge in [0.15, 0.2) is 0 Å². The predicted molar refractivity (Wildman–Crippen MR) is 83.1 cm³/mol. The number of sulfonamides is 1. The molecule has 0 spiro atoms. The van der Waals surface area contributed by atoms with Crippen molar-refractivity contribution in [2.75, 3.05) is 24.2 Å². The molecule has 0 unspecified atom stereocenters. The fraction of sp³-hybridized carbons (Fsp3) is 0.500. The first-order valence-corrected chi connectivity index (χ1v) is 8.30. The quantitative estimate of drug-likeness (QED) is 0.891. The Labute approximate surface area is 126 Å². The van der Waals surface area contributed by atoms with Crippen LogP contribution < -0.4 is 14.4 Å². The summed E-state index contributed by atoms with van der Waals surface area (Å²) in [6.45, 7) is 5.23. The van der Waals surface area contributed by atoms with E-state index in [-0.39, 0.29) is 12.5 Å². The van der Waals surface area contributed by atoms with Gasteiger partial charge in [0.25, 0.3) is 0 Å². The molecular formula is C14H22N2O4S. The molecule has 0 aliphatic rings. The molecule has 0 bridgehead atoms. The SMILES string of the molecule is COc1cccc(N(CC(=O)NC(C)(C)C)S(C)(=O)=O)c1. The van der Waals surface area contributed by atoms with Gasteiger partial charge in [-0.15, -0.1) is 0 Å². The van der Waals surface area contributed by atoms with Gasteiger partial charge < -0.3 is 10.1 Å². The lowest BCUT2D eigenvalue weighted by Crippen LogP contribution is -2.47. The van der Waals surface area contributed by atoms with Crippen LogP contribution in [0.1, 0.15) is 20.8 Å². The fourth-order valence-corrected chi connectivity index (χ4v) is 2.60. The van der Waals surface area contributed by atoms with Gasteiger partial charge in [-0.1, -0.05) is 6.07 Å². The number of methoxy groups -OCH3 is 1.